The summed E-state index contributed by atoms with van der Waals surface area (Å²) in [7, 11) is -3.90. The summed E-state index contributed by atoms with van der Waals surface area (Å²) in [5.74, 6) is -0.436. The summed E-state index contributed by atoms with van der Waals surface area (Å²) >= 11 is 2.91. The number of aliphatic hydroxyl groups is 1. The number of nitrogen functional groups attached to an aromatic ring is 1. The first-order valence-electron chi connectivity index (χ1n) is 10.6. The molecule has 0 aliphatic carbocycles. The molecule has 0 amide bonds. The van der Waals surface area contributed by atoms with Crippen LogP contribution in [-0.2, 0) is 18.6 Å². The van der Waals surface area contributed by atoms with Gasteiger partial charge in [0.2, 0.25) is 4.58 Å². The number of para-hydroxylation sites is 1. The molecule has 1 aliphatic heterocycles. The third kappa shape index (κ3) is 5.24. The lowest BCUT2D eigenvalue weighted by molar-refractivity contribution is -0.119. The van der Waals surface area contributed by atoms with E-state index in [-0.39, 0.29) is 34.7 Å². The van der Waals surface area contributed by atoms with Crippen molar-refractivity contribution in [3.63, 3.8) is 0 Å². The summed E-state index contributed by atoms with van der Waals surface area (Å²) in [4.78, 5) is 23.8. The lowest BCUT2D eigenvalue weighted by Crippen LogP contribution is -2.38. The zero-order valence-electron chi connectivity index (χ0n) is 18.8. The van der Waals surface area contributed by atoms with Gasteiger partial charge < -0.3 is 20.1 Å². The maximum Gasteiger partial charge on any atom is 0.379 e. The molecule has 0 spiro atoms. The smallest absolute Gasteiger partial charge is 0.379 e. The van der Waals surface area contributed by atoms with Crippen molar-refractivity contribution < 1.29 is 32.6 Å². The number of aromatic nitrogens is 4. The maximum absolute atomic E-state index is 15.6. The second-order valence-corrected chi connectivity index (χ2v) is 11.5. The first-order valence-corrected chi connectivity index (χ1v) is 13.2. The highest BCUT2D eigenvalue weighted by molar-refractivity contribution is 9.10. The van der Waals surface area contributed by atoms with Gasteiger partial charge in [-0.25, -0.2) is 23.9 Å². The van der Waals surface area contributed by atoms with Gasteiger partial charge in [0.25, 0.3) is 0 Å². The Morgan fingerprint density at radius 3 is 2.77 bits per heavy atom. The average molecular weight is 572 g/mol. The Hall–Kier alpha value is -2.44. The van der Waals surface area contributed by atoms with Crippen LogP contribution in [0.25, 0.3) is 11.2 Å². The van der Waals surface area contributed by atoms with Gasteiger partial charge in [-0.15, -0.1) is 0 Å². The molecule has 11 nitrogen and oxygen atoms in total. The molecule has 2 unspecified atom stereocenters. The average Bonchev–Trinajstić information content (AvgIpc) is 3.32. The fourth-order valence-corrected chi connectivity index (χ4v) is 6.16. The molecule has 3 N–H and O–H groups in total. The SMILES string of the molecule is CC(=O)[C@H](C)CP(=O)(OC[C@H]1O[C@@H](n2cnc3c(N)ncnc32)[C@@](F)(Br)C1O)Oc1ccccc1. The van der Waals surface area contributed by atoms with Crippen molar-refractivity contribution in [2.24, 2.45) is 5.92 Å². The minimum absolute atomic E-state index is 0.102. The molecule has 1 aromatic carbocycles. The Bertz CT molecular complexity index is 1260. The highest BCUT2D eigenvalue weighted by Crippen LogP contribution is 2.52. The fraction of sp³-hybridized carbons (Fsp3) is 0.429. The van der Waals surface area contributed by atoms with Crippen LogP contribution in [0.15, 0.2) is 43.0 Å². The van der Waals surface area contributed by atoms with Crippen LogP contribution >= 0.6 is 23.5 Å². The summed E-state index contributed by atoms with van der Waals surface area (Å²) in [6.45, 7) is 2.50. The number of Topliss-reactive ketones (excluding diaryl/α,β-unsaturated/α-hetero) is 1. The Morgan fingerprint density at radius 1 is 1.37 bits per heavy atom. The number of halogens is 2. The topological polar surface area (TPSA) is 152 Å². The van der Waals surface area contributed by atoms with Gasteiger partial charge in [-0.1, -0.05) is 25.1 Å². The van der Waals surface area contributed by atoms with Gasteiger partial charge in [-0.3, -0.25) is 13.9 Å². The molecule has 14 heteroatoms. The summed E-state index contributed by atoms with van der Waals surface area (Å²) in [6, 6.07) is 8.32. The van der Waals surface area contributed by atoms with Gasteiger partial charge in [0, 0.05) is 5.92 Å². The lowest BCUT2D eigenvalue weighted by atomic mass is 10.1. The first kappa shape index (κ1) is 25.6. The van der Waals surface area contributed by atoms with Gasteiger partial charge in [-0.2, -0.15) is 0 Å². The molecular formula is C21H24BrFN5O6P. The van der Waals surface area contributed by atoms with Crippen molar-refractivity contribution in [2.75, 3.05) is 18.5 Å². The molecule has 3 heterocycles. The van der Waals surface area contributed by atoms with E-state index in [4.69, 9.17) is 19.5 Å². The number of carbonyl (C=O) groups excluding carboxylic acids is 1. The molecule has 3 aromatic rings. The van der Waals surface area contributed by atoms with Crippen LogP contribution < -0.4 is 10.3 Å². The van der Waals surface area contributed by atoms with E-state index in [1.165, 1.54) is 24.1 Å². The number of rotatable bonds is 9. The van der Waals surface area contributed by atoms with Gasteiger partial charge in [0.15, 0.2) is 17.7 Å². The first-order chi connectivity index (χ1) is 16.5. The van der Waals surface area contributed by atoms with Crippen molar-refractivity contribution in [3.8, 4) is 5.75 Å². The Morgan fingerprint density at radius 2 is 2.09 bits per heavy atom. The van der Waals surface area contributed by atoms with Crippen LogP contribution in [0, 0.1) is 5.92 Å². The van der Waals surface area contributed by atoms with E-state index in [1.54, 1.807) is 37.3 Å². The van der Waals surface area contributed by atoms with E-state index in [2.05, 4.69) is 30.9 Å². The molecule has 0 bridgehead atoms. The third-order valence-corrected chi connectivity index (χ3v) is 8.52. The molecule has 1 saturated heterocycles. The quantitative estimate of drug-likeness (QED) is 0.289. The number of benzene rings is 1. The Kier molecular flexibility index (Phi) is 7.26. The number of ether oxygens (including phenoxy) is 1. The number of imidazole rings is 1. The monoisotopic (exact) mass is 571 g/mol. The van der Waals surface area contributed by atoms with Crippen LogP contribution in [0.2, 0.25) is 0 Å². The lowest BCUT2D eigenvalue weighted by Gasteiger charge is -2.24. The van der Waals surface area contributed by atoms with Crippen LogP contribution in [-0.4, -0.2) is 60.0 Å². The number of nitrogens with two attached hydrogens (primary N) is 1. The predicted molar refractivity (Wildman–Crippen MR) is 128 cm³/mol. The van der Waals surface area contributed by atoms with E-state index in [0.29, 0.717) is 0 Å². The third-order valence-electron chi connectivity index (χ3n) is 5.63. The summed E-state index contributed by atoms with van der Waals surface area (Å²) in [5, 5.41) is 10.7. The molecule has 2 aromatic heterocycles. The number of nitrogens with zero attached hydrogens (tertiary/aromatic N) is 4. The van der Waals surface area contributed by atoms with E-state index in [0.717, 1.165) is 0 Å². The molecular weight excluding hydrogens is 548 g/mol. The van der Waals surface area contributed by atoms with Crippen molar-refractivity contribution in [1.82, 2.24) is 19.5 Å². The van der Waals surface area contributed by atoms with Crippen molar-refractivity contribution in [2.45, 2.75) is 36.9 Å². The molecule has 0 saturated carbocycles. The fourth-order valence-electron chi connectivity index (χ4n) is 3.56. The number of carbonyl (C=O) groups is 1. The number of fused-ring (bicyclic) bond motifs is 1. The Balaban J connectivity index is 1.55. The van der Waals surface area contributed by atoms with Crippen molar-refractivity contribution >= 4 is 46.3 Å². The number of aliphatic hydroxyl groups excluding tert-OH is 1. The van der Waals surface area contributed by atoms with Gasteiger partial charge in [0.1, 0.15) is 35.6 Å². The van der Waals surface area contributed by atoms with E-state index < -0.39 is 43.1 Å². The van der Waals surface area contributed by atoms with E-state index in [1.807, 2.05) is 0 Å². The van der Waals surface area contributed by atoms with Crippen molar-refractivity contribution in [3.05, 3.63) is 43.0 Å². The number of ketones is 1. The number of hydrogen-bond donors (Lipinski definition) is 2. The predicted octanol–water partition coefficient (Wildman–Crippen LogP) is 3.24. The molecule has 188 valence electrons. The summed E-state index contributed by atoms with van der Waals surface area (Å²) in [5.41, 5.74) is 6.24. The molecule has 1 aliphatic rings. The second kappa shape index (κ2) is 9.90. The zero-order chi connectivity index (χ0) is 25.4. The number of hydrogen-bond acceptors (Lipinski definition) is 10. The standard InChI is InChI=1S/C21H24BrFN5O6P/c1-12(13(2)29)9-35(31,34-14-6-4-3-5-7-14)32-8-15-17(30)21(22,23)20(33-15)28-11-27-16-18(24)25-10-26-19(16)28/h3-7,10-12,15,17,20,30H,8-9H2,1-2H3,(H2,24,25,26)/t12-,15-,17?,20-,21-,35?/m1/s1. The summed E-state index contributed by atoms with van der Waals surface area (Å²) < 4.78 is 45.0. The molecule has 35 heavy (non-hydrogen) atoms. The van der Waals surface area contributed by atoms with Gasteiger partial charge in [-0.05, 0) is 35.0 Å². The molecule has 1 fully saturated rings. The molecule has 0 radical (unpaired) electrons. The van der Waals surface area contributed by atoms with Crippen LogP contribution in [0.5, 0.6) is 5.75 Å². The minimum atomic E-state index is -3.90. The zero-order valence-corrected chi connectivity index (χ0v) is 21.3. The van der Waals surface area contributed by atoms with E-state index in [9.17, 15) is 14.5 Å². The Labute approximate surface area is 208 Å². The van der Waals surface area contributed by atoms with Gasteiger partial charge >= 0.3 is 7.60 Å². The highest BCUT2D eigenvalue weighted by Gasteiger charge is 2.57. The second-order valence-electron chi connectivity index (χ2n) is 8.23. The summed E-state index contributed by atoms with van der Waals surface area (Å²) in [6.07, 6.45) is -2.12. The highest BCUT2D eigenvalue weighted by atomic mass is 79.9. The largest absolute Gasteiger partial charge is 0.424 e. The normalized spacial score (nSPS) is 26.9. The number of anilines is 1. The molecule has 4 rings (SSSR count). The van der Waals surface area contributed by atoms with Crippen LogP contribution in [0.3, 0.4) is 0 Å². The number of alkyl halides is 2. The van der Waals surface area contributed by atoms with Crippen LogP contribution in [0.1, 0.15) is 20.1 Å². The maximum atomic E-state index is 15.6. The van der Waals surface area contributed by atoms with Gasteiger partial charge in [0.05, 0.1) is 19.1 Å². The van der Waals surface area contributed by atoms with Crippen molar-refractivity contribution in [1.29, 1.82) is 0 Å². The van der Waals surface area contributed by atoms with E-state index >= 15 is 4.39 Å². The van der Waals surface area contributed by atoms with Crippen LogP contribution in [0.4, 0.5) is 10.2 Å². The molecule has 6 atom stereocenters. The minimum Gasteiger partial charge on any atom is -0.424 e.